The molecule has 5 heteroatoms. The first-order valence-electron chi connectivity index (χ1n) is 4.30. The zero-order chi connectivity index (χ0) is 10.4. The molecule has 0 bridgehead atoms. The highest BCUT2D eigenvalue weighted by Gasteiger charge is 2.00. The summed E-state index contributed by atoms with van der Waals surface area (Å²) in [6.07, 6.45) is 2.02. The van der Waals surface area contributed by atoms with E-state index in [-0.39, 0.29) is 5.84 Å². The molecule has 0 aliphatic heterocycles. The van der Waals surface area contributed by atoms with E-state index in [0.29, 0.717) is 18.9 Å². The number of nitrogens with two attached hydrogens (primary N) is 1. The molecule has 0 aliphatic rings. The first-order chi connectivity index (χ1) is 6.76. The van der Waals surface area contributed by atoms with Crippen molar-refractivity contribution in [3.8, 4) is 5.88 Å². The fourth-order valence-electron chi connectivity index (χ4n) is 1.03. The maximum atomic E-state index is 8.38. The monoisotopic (exact) mass is 195 g/mol. The Morgan fingerprint density at radius 3 is 3.14 bits per heavy atom. The molecule has 1 aromatic heterocycles. The summed E-state index contributed by atoms with van der Waals surface area (Å²) in [4.78, 5) is 4.00. The van der Waals surface area contributed by atoms with Gasteiger partial charge in [0.2, 0.25) is 5.88 Å². The SMILES string of the molecule is CCOc1cc(C/C(N)=N/O)ccn1. The average Bonchev–Trinajstić information content (AvgIpc) is 2.19. The number of hydrogen-bond acceptors (Lipinski definition) is 4. The van der Waals surface area contributed by atoms with Crippen LogP contribution < -0.4 is 10.5 Å². The Morgan fingerprint density at radius 2 is 2.50 bits per heavy atom. The second-order valence-electron chi connectivity index (χ2n) is 2.70. The average molecular weight is 195 g/mol. The highest BCUT2D eigenvalue weighted by atomic mass is 16.5. The number of pyridine rings is 1. The van der Waals surface area contributed by atoms with Gasteiger partial charge < -0.3 is 15.7 Å². The van der Waals surface area contributed by atoms with Gasteiger partial charge in [-0.25, -0.2) is 4.98 Å². The molecule has 0 saturated heterocycles. The molecular weight excluding hydrogens is 182 g/mol. The molecule has 1 rings (SSSR count). The number of nitrogens with zero attached hydrogens (tertiary/aromatic N) is 2. The van der Waals surface area contributed by atoms with E-state index in [0.717, 1.165) is 5.56 Å². The van der Waals surface area contributed by atoms with Crippen molar-refractivity contribution in [2.24, 2.45) is 10.9 Å². The summed E-state index contributed by atoms with van der Waals surface area (Å²) in [6.45, 7) is 2.46. The molecular formula is C9H13N3O2. The zero-order valence-corrected chi connectivity index (χ0v) is 7.97. The van der Waals surface area contributed by atoms with Gasteiger partial charge in [0.15, 0.2) is 0 Å². The lowest BCUT2D eigenvalue weighted by atomic mass is 10.2. The van der Waals surface area contributed by atoms with Gasteiger partial charge in [0.1, 0.15) is 5.84 Å². The van der Waals surface area contributed by atoms with Crippen LogP contribution in [-0.4, -0.2) is 22.6 Å². The second-order valence-corrected chi connectivity index (χ2v) is 2.70. The molecule has 0 aliphatic carbocycles. The lowest BCUT2D eigenvalue weighted by molar-refractivity contribution is 0.317. The second kappa shape index (κ2) is 5.06. The molecule has 0 amide bonds. The van der Waals surface area contributed by atoms with Gasteiger partial charge in [-0.2, -0.15) is 0 Å². The third-order valence-corrected chi connectivity index (χ3v) is 1.61. The van der Waals surface area contributed by atoms with E-state index in [2.05, 4.69) is 10.1 Å². The number of amidine groups is 1. The molecule has 5 nitrogen and oxygen atoms in total. The highest BCUT2D eigenvalue weighted by Crippen LogP contribution is 2.09. The summed E-state index contributed by atoms with van der Waals surface area (Å²) < 4.78 is 5.21. The van der Waals surface area contributed by atoms with Crippen LogP contribution in [0.1, 0.15) is 12.5 Å². The van der Waals surface area contributed by atoms with Gasteiger partial charge >= 0.3 is 0 Å². The van der Waals surface area contributed by atoms with Crippen LogP contribution in [0.3, 0.4) is 0 Å². The predicted molar refractivity (Wildman–Crippen MR) is 52.5 cm³/mol. The van der Waals surface area contributed by atoms with Crippen molar-refractivity contribution >= 4 is 5.84 Å². The third kappa shape index (κ3) is 2.93. The number of ether oxygens (including phenoxy) is 1. The van der Waals surface area contributed by atoms with E-state index in [1.807, 2.05) is 6.92 Å². The van der Waals surface area contributed by atoms with Crippen LogP contribution >= 0.6 is 0 Å². The third-order valence-electron chi connectivity index (χ3n) is 1.61. The molecule has 0 saturated carbocycles. The fraction of sp³-hybridized carbons (Fsp3) is 0.333. The smallest absolute Gasteiger partial charge is 0.213 e. The molecule has 14 heavy (non-hydrogen) atoms. The maximum absolute atomic E-state index is 8.38. The first kappa shape index (κ1) is 10.3. The number of hydrogen-bond donors (Lipinski definition) is 2. The van der Waals surface area contributed by atoms with E-state index >= 15 is 0 Å². The van der Waals surface area contributed by atoms with Crippen LogP contribution in [0.4, 0.5) is 0 Å². The van der Waals surface area contributed by atoms with Crippen LogP contribution in [0.15, 0.2) is 23.5 Å². The standard InChI is InChI=1S/C9H13N3O2/c1-2-14-9-6-7(3-4-11-9)5-8(10)12-13/h3-4,6,13H,2,5H2,1H3,(H2,10,12). The van der Waals surface area contributed by atoms with E-state index in [1.54, 1.807) is 18.3 Å². The van der Waals surface area contributed by atoms with Crippen LogP contribution in [-0.2, 0) is 6.42 Å². The summed E-state index contributed by atoms with van der Waals surface area (Å²) in [5.74, 6) is 0.717. The van der Waals surface area contributed by atoms with Crippen LogP contribution in [0.2, 0.25) is 0 Å². The van der Waals surface area contributed by atoms with Crippen molar-refractivity contribution in [1.82, 2.24) is 4.98 Å². The quantitative estimate of drug-likeness (QED) is 0.322. The Balaban J connectivity index is 2.73. The van der Waals surface area contributed by atoms with Crippen molar-refractivity contribution in [1.29, 1.82) is 0 Å². The number of aromatic nitrogens is 1. The number of oxime groups is 1. The molecule has 1 heterocycles. The highest BCUT2D eigenvalue weighted by molar-refractivity contribution is 5.82. The molecule has 0 atom stereocenters. The molecule has 0 aromatic carbocycles. The molecule has 0 unspecified atom stereocenters. The van der Waals surface area contributed by atoms with Crippen LogP contribution in [0, 0.1) is 0 Å². The van der Waals surface area contributed by atoms with Crippen molar-refractivity contribution in [2.45, 2.75) is 13.3 Å². The minimum absolute atomic E-state index is 0.165. The van der Waals surface area contributed by atoms with E-state index in [1.165, 1.54) is 0 Å². The Kier molecular flexibility index (Phi) is 3.72. The van der Waals surface area contributed by atoms with Crippen LogP contribution in [0.5, 0.6) is 5.88 Å². The Labute approximate surface area is 82.2 Å². The van der Waals surface area contributed by atoms with Crippen molar-refractivity contribution in [3.05, 3.63) is 23.9 Å². The zero-order valence-electron chi connectivity index (χ0n) is 7.97. The van der Waals surface area contributed by atoms with E-state index in [4.69, 9.17) is 15.7 Å². The van der Waals surface area contributed by atoms with E-state index < -0.39 is 0 Å². The largest absolute Gasteiger partial charge is 0.478 e. The van der Waals surface area contributed by atoms with Gasteiger partial charge in [-0.05, 0) is 18.6 Å². The Hall–Kier alpha value is -1.78. The maximum Gasteiger partial charge on any atom is 0.213 e. The normalized spacial score (nSPS) is 11.4. The predicted octanol–water partition coefficient (Wildman–Crippen LogP) is 0.769. The van der Waals surface area contributed by atoms with Crippen molar-refractivity contribution < 1.29 is 9.94 Å². The van der Waals surface area contributed by atoms with Crippen LogP contribution in [0.25, 0.3) is 0 Å². The van der Waals surface area contributed by atoms with Crippen molar-refractivity contribution in [3.63, 3.8) is 0 Å². The topological polar surface area (TPSA) is 80.7 Å². The van der Waals surface area contributed by atoms with Gasteiger partial charge in [0, 0.05) is 18.7 Å². The van der Waals surface area contributed by atoms with Gasteiger partial charge in [-0.1, -0.05) is 5.16 Å². The molecule has 0 radical (unpaired) electrons. The van der Waals surface area contributed by atoms with Gasteiger partial charge in [0.05, 0.1) is 6.61 Å². The molecule has 0 spiro atoms. The van der Waals surface area contributed by atoms with Gasteiger partial charge in [-0.15, -0.1) is 0 Å². The lowest BCUT2D eigenvalue weighted by Crippen LogP contribution is -2.14. The Morgan fingerprint density at radius 1 is 1.71 bits per heavy atom. The Bertz CT molecular complexity index is 326. The molecule has 1 aromatic rings. The molecule has 0 fully saturated rings. The fourth-order valence-corrected chi connectivity index (χ4v) is 1.03. The molecule has 3 N–H and O–H groups in total. The summed E-state index contributed by atoms with van der Waals surface area (Å²) in [6, 6.07) is 3.56. The minimum Gasteiger partial charge on any atom is -0.478 e. The summed E-state index contributed by atoms with van der Waals surface area (Å²) in [7, 11) is 0. The summed E-state index contributed by atoms with van der Waals surface area (Å²) >= 11 is 0. The molecule has 76 valence electrons. The van der Waals surface area contributed by atoms with Gasteiger partial charge in [-0.3, -0.25) is 0 Å². The first-order valence-corrected chi connectivity index (χ1v) is 4.30. The van der Waals surface area contributed by atoms with Gasteiger partial charge in [0.25, 0.3) is 0 Å². The van der Waals surface area contributed by atoms with E-state index in [9.17, 15) is 0 Å². The number of rotatable bonds is 4. The summed E-state index contributed by atoms with van der Waals surface area (Å²) in [5, 5.41) is 11.3. The van der Waals surface area contributed by atoms with Crippen molar-refractivity contribution in [2.75, 3.05) is 6.61 Å². The minimum atomic E-state index is 0.165. The lowest BCUT2D eigenvalue weighted by Gasteiger charge is -2.03. The summed E-state index contributed by atoms with van der Waals surface area (Å²) in [5.41, 5.74) is 6.27.